The van der Waals surface area contributed by atoms with Crippen molar-refractivity contribution in [3.8, 4) is 5.69 Å². The largest absolute Gasteiger partial charge is 0.304 e. The van der Waals surface area contributed by atoms with Crippen LogP contribution in [0.4, 0.5) is 0 Å². The highest BCUT2D eigenvalue weighted by Gasteiger charge is 2.04. The molecule has 0 N–H and O–H groups in total. The molecule has 0 fully saturated rings. The zero-order chi connectivity index (χ0) is 10.8. The quantitative estimate of drug-likeness (QED) is 0.730. The van der Waals surface area contributed by atoms with E-state index in [1.54, 1.807) is 18.3 Å². The monoisotopic (exact) mass is 220 g/mol. The van der Waals surface area contributed by atoms with Crippen molar-refractivity contribution in [1.82, 2.24) is 9.55 Å². The van der Waals surface area contributed by atoms with Crippen molar-refractivity contribution >= 4 is 17.9 Å². The number of halogens is 1. The van der Waals surface area contributed by atoms with Gasteiger partial charge in [-0.1, -0.05) is 11.6 Å². The Bertz CT molecular complexity index is 505. The van der Waals surface area contributed by atoms with Gasteiger partial charge >= 0.3 is 0 Å². The molecular formula is C11H9ClN2O. The van der Waals surface area contributed by atoms with Crippen molar-refractivity contribution in [2.75, 3.05) is 0 Å². The minimum Gasteiger partial charge on any atom is -0.304 e. The molecule has 2 rings (SSSR count). The number of carbonyl (C=O) groups excluding carboxylic acids is 1. The molecule has 0 radical (unpaired) electrons. The van der Waals surface area contributed by atoms with Crippen LogP contribution in [0.15, 0.2) is 30.6 Å². The van der Waals surface area contributed by atoms with Gasteiger partial charge in [-0.2, -0.15) is 0 Å². The van der Waals surface area contributed by atoms with E-state index in [0.717, 1.165) is 17.8 Å². The van der Waals surface area contributed by atoms with Crippen LogP contribution in [0.2, 0.25) is 5.02 Å². The molecule has 0 amide bonds. The third-order valence-electron chi connectivity index (χ3n) is 2.21. The van der Waals surface area contributed by atoms with Gasteiger partial charge in [0.25, 0.3) is 0 Å². The molecular weight excluding hydrogens is 212 g/mol. The summed E-state index contributed by atoms with van der Waals surface area (Å²) >= 11 is 5.93. The van der Waals surface area contributed by atoms with E-state index in [1.807, 2.05) is 23.8 Å². The summed E-state index contributed by atoms with van der Waals surface area (Å²) in [7, 11) is 0. The number of carbonyl (C=O) groups is 1. The van der Waals surface area contributed by atoms with Crippen molar-refractivity contribution in [2.45, 2.75) is 6.92 Å². The molecule has 4 heteroatoms. The third-order valence-corrected chi connectivity index (χ3v) is 2.54. The molecule has 0 aliphatic carbocycles. The van der Waals surface area contributed by atoms with E-state index in [4.69, 9.17) is 11.6 Å². The lowest BCUT2D eigenvalue weighted by Crippen LogP contribution is -1.96. The summed E-state index contributed by atoms with van der Waals surface area (Å²) in [4.78, 5) is 14.7. The number of hydrogen-bond donors (Lipinski definition) is 0. The average Bonchev–Trinajstić information content (AvgIpc) is 2.64. The fourth-order valence-electron chi connectivity index (χ4n) is 1.41. The summed E-state index contributed by atoms with van der Waals surface area (Å²) in [5.41, 5.74) is 1.40. The topological polar surface area (TPSA) is 34.9 Å². The number of imidazole rings is 1. The second-order valence-corrected chi connectivity index (χ2v) is 3.58. The first-order valence-corrected chi connectivity index (χ1v) is 4.85. The van der Waals surface area contributed by atoms with Gasteiger partial charge in [0.1, 0.15) is 5.82 Å². The van der Waals surface area contributed by atoms with Gasteiger partial charge in [0, 0.05) is 23.6 Å². The van der Waals surface area contributed by atoms with Gasteiger partial charge < -0.3 is 4.57 Å². The number of hydrogen-bond acceptors (Lipinski definition) is 2. The van der Waals surface area contributed by atoms with E-state index in [1.165, 1.54) is 0 Å². The summed E-state index contributed by atoms with van der Waals surface area (Å²) in [5, 5.41) is 0.454. The van der Waals surface area contributed by atoms with Crippen LogP contribution in [0.3, 0.4) is 0 Å². The zero-order valence-electron chi connectivity index (χ0n) is 8.14. The molecule has 0 unspecified atom stereocenters. The van der Waals surface area contributed by atoms with Crippen molar-refractivity contribution in [3.63, 3.8) is 0 Å². The predicted octanol–water partition coefficient (Wildman–Crippen LogP) is 2.65. The van der Waals surface area contributed by atoms with Crippen LogP contribution in [-0.2, 0) is 0 Å². The van der Waals surface area contributed by atoms with E-state index in [2.05, 4.69) is 4.98 Å². The molecule has 0 saturated heterocycles. The molecule has 0 bridgehead atoms. The van der Waals surface area contributed by atoms with E-state index in [-0.39, 0.29) is 0 Å². The molecule has 0 aliphatic heterocycles. The summed E-state index contributed by atoms with van der Waals surface area (Å²) in [6.45, 7) is 1.90. The Morgan fingerprint density at radius 1 is 1.47 bits per heavy atom. The second-order valence-electron chi connectivity index (χ2n) is 3.17. The minimum atomic E-state index is 0.454. The predicted molar refractivity (Wildman–Crippen MR) is 58.7 cm³/mol. The molecule has 0 atom stereocenters. The minimum absolute atomic E-state index is 0.454. The maximum absolute atomic E-state index is 10.6. The van der Waals surface area contributed by atoms with Crippen molar-refractivity contribution in [2.24, 2.45) is 0 Å². The summed E-state index contributed by atoms with van der Waals surface area (Å²) < 4.78 is 1.90. The molecule has 76 valence electrons. The van der Waals surface area contributed by atoms with Gasteiger partial charge in [-0.15, -0.1) is 0 Å². The molecule has 3 nitrogen and oxygen atoms in total. The van der Waals surface area contributed by atoms with E-state index in [0.29, 0.717) is 10.6 Å². The number of aryl methyl sites for hydroxylation is 1. The summed E-state index contributed by atoms with van der Waals surface area (Å²) in [5.74, 6) is 0.880. The van der Waals surface area contributed by atoms with Gasteiger partial charge in [0.15, 0.2) is 6.29 Å². The fourth-order valence-corrected chi connectivity index (χ4v) is 1.63. The number of nitrogens with zero attached hydrogens (tertiary/aromatic N) is 2. The van der Waals surface area contributed by atoms with Gasteiger partial charge in [-0.25, -0.2) is 4.98 Å². The van der Waals surface area contributed by atoms with Crippen LogP contribution in [0.1, 0.15) is 16.2 Å². The van der Waals surface area contributed by atoms with Crippen LogP contribution in [0.5, 0.6) is 0 Å². The highest BCUT2D eigenvalue weighted by molar-refractivity contribution is 6.33. The Labute approximate surface area is 92.3 Å². The van der Waals surface area contributed by atoms with E-state index >= 15 is 0 Å². The molecule has 1 heterocycles. The van der Waals surface area contributed by atoms with E-state index < -0.39 is 0 Å². The van der Waals surface area contributed by atoms with Gasteiger partial charge in [-0.3, -0.25) is 4.79 Å². The Morgan fingerprint density at radius 3 is 2.80 bits per heavy atom. The number of rotatable bonds is 2. The maximum atomic E-state index is 10.6. The Hall–Kier alpha value is -1.61. The van der Waals surface area contributed by atoms with Gasteiger partial charge in [-0.05, 0) is 25.1 Å². The van der Waals surface area contributed by atoms with Crippen molar-refractivity contribution in [3.05, 3.63) is 47.0 Å². The molecule has 15 heavy (non-hydrogen) atoms. The Kier molecular flexibility index (Phi) is 2.56. The van der Waals surface area contributed by atoms with Gasteiger partial charge in [0.05, 0.1) is 5.02 Å². The molecule has 0 spiro atoms. The number of benzene rings is 1. The van der Waals surface area contributed by atoms with Crippen LogP contribution in [-0.4, -0.2) is 15.8 Å². The molecule has 1 aromatic heterocycles. The van der Waals surface area contributed by atoms with Crippen LogP contribution >= 0.6 is 11.6 Å². The first-order chi connectivity index (χ1) is 7.22. The molecule has 0 aliphatic rings. The standard InChI is InChI=1S/C11H9ClN2O/c1-8-13-4-5-14(8)10-3-2-9(7-15)11(12)6-10/h2-7H,1H3. The van der Waals surface area contributed by atoms with Crippen LogP contribution in [0.25, 0.3) is 5.69 Å². The Morgan fingerprint density at radius 2 is 2.27 bits per heavy atom. The molecule has 0 saturated carbocycles. The van der Waals surface area contributed by atoms with Crippen LogP contribution in [0, 0.1) is 6.92 Å². The molecule has 2 aromatic rings. The van der Waals surface area contributed by atoms with Crippen molar-refractivity contribution < 1.29 is 4.79 Å². The number of aromatic nitrogens is 2. The first-order valence-electron chi connectivity index (χ1n) is 4.47. The van der Waals surface area contributed by atoms with Crippen molar-refractivity contribution in [1.29, 1.82) is 0 Å². The van der Waals surface area contributed by atoms with Gasteiger partial charge in [0.2, 0.25) is 0 Å². The lowest BCUT2D eigenvalue weighted by Gasteiger charge is -2.06. The first kappa shape index (κ1) is 9.93. The lowest BCUT2D eigenvalue weighted by atomic mass is 10.2. The summed E-state index contributed by atoms with van der Waals surface area (Å²) in [6.07, 6.45) is 4.31. The highest BCUT2D eigenvalue weighted by Crippen LogP contribution is 2.19. The second kappa shape index (κ2) is 3.87. The highest BCUT2D eigenvalue weighted by atomic mass is 35.5. The fraction of sp³-hybridized carbons (Fsp3) is 0.0909. The SMILES string of the molecule is Cc1nccn1-c1ccc(C=O)c(Cl)c1. The summed E-state index contributed by atoms with van der Waals surface area (Å²) in [6, 6.07) is 5.29. The Balaban J connectivity index is 2.52. The third kappa shape index (κ3) is 1.78. The lowest BCUT2D eigenvalue weighted by molar-refractivity contribution is 0.112. The average molecular weight is 221 g/mol. The number of aldehydes is 1. The maximum Gasteiger partial charge on any atom is 0.151 e. The van der Waals surface area contributed by atoms with E-state index in [9.17, 15) is 4.79 Å². The molecule has 1 aromatic carbocycles. The zero-order valence-corrected chi connectivity index (χ0v) is 8.90. The normalized spacial score (nSPS) is 10.3. The smallest absolute Gasteiger partial charge is 0.151 e. The van der Waals surface area contributed by atoms with Crippen LogP contribution < -0.4 is 0 Å².